The van der Waals surface area contributed by atoms with Gasteiger partial charge in [-0.25, -0.2) is 0 Å². The molecule has 0 aromatic heterocycles. The van der Waals surface area contributed by atoms with Gasteiger partial charge < -0.3 is 14.8 Å². The second-order valence-electron chi connectivity index (χ2n) is 4.38. The van der Waals surface area contributed by atoms with Crippen molar-refractivity contribution in [3.8, 4) is 23.6 Å². The largest absolute Gasteiger partial charge is 0.493 e. The van der Waals surface area contributed by atoms with Crippen molar-refractivity contribution in [1.29, 1.82) is 10.5 Å². The van der Waals surface area contributed by atoms with Gasteiger partial charge in [0.1, 0.15) is 12.1 Å². The molecule has 2 aromatic rings. The molecular weight excluding hydrogens is 278 g/mol. The van der Waals surface area contributed by atoms with Crippen LogP contribution in [0.15, 0.2) is 36.4 Å². The van der Waals surface area contributed by atoms with E-state index in [4.69, 9.17) is 9.47 Å². The van der Waals surface area contributed by atoms with Crippen LogP contribution in [0.3, 0.4) is 0 Å². The summed E-state index contributed by atoms with van der Waals surface area (Å²) >= 11 is 0. The lowest BCUT2D eigenvalue weighted by Gasteiger charge is -2.13. The Bertz CT molecular complexity index is 725. The van der Waals surface area contributed by atoms with Crippen molar-refractivity contribution >= 4 is 11.4 Å². The fraction of sp³-hybridized carbons (Fsp3) is 0.176. The molecule has 0 atom stereocenters. The SMILES string of the molecule is CCOc1ccc(Nc2c(C#N)cccc2C#N)cc1OC. The lowest BCUT2D eigenvalue weighted by atomic mass is 10.1. The van der Waals surface area contributed by atoms with Crippen molar-refractivity contribution in [1.82, 2.24) is 0 Å². The summed E-state index contributed by atoms with van der Waals surface area (Å²) in [6.45, 7) is 2.44. The first-order valence-corrected chi connectivity index (χ1v) is 6.74. The Morgan fingerprint density at radius 1 is 1.05 bits per heavy atom. The number of rotatable bonds is 5. The molecule has 2 rings (SSSR count). The molecule has 2 aromatic carbocycles. The molecule has 0 saturated carbocycles. The van der Waals surface area contributed by atoms with E-state index in [1.165, 1.54) is 0 Å². The van der Waals surface area contributed by atoms with Gasteiger partial charge in [-0.05, 0) is 31.2 Å². The number of para-hydroxylation sites is 1. The number of methoxy groups -OCH3 is 1. The van der Waals surface area contributed by atoms with Crippen LogP contribution in [0.4, 0.5) is 11.4 Å². The third kappa shape index (κ3) is 3.11. The van der Waals surface area contributed by atoms with Crippen molar-refractivity contribution in [2.75, 3.05) is 19.0 Å². The molecule has 0 bridgehead atoms. The van der Waals surface area contributed by atoms with Gasteiger partial charge in [-0.1, -0.05) is 6.07 Å². The van der Waals surface area contributed by atoms with Crippen LogP contribution >= 0.6 is 0 Å². The third-order valence-electron chi connectivity index (χ3n) is 3.04. The Hall–Kier alpha value is -3.18. The van der Waals surface area contributed by atoms with E-state index >= 15 is 0 Å². The van der Waals surface area contributed by atoms with Crippen LogP contribution < -0.4 is 14.8 Å². The molecule has 110 valence electrons. The van der Waals surface area contributed by atoms with Crippen LogP contribution in [0.25, 0.3) is 0 Å². The number of nitrogens with zero attached hydrogens (tertiary/aromatic N) is 2. The van der Waals surface area contributed by atoms with Crippen LogP contribution in [-0.4, -0.2) is 13.7 Å². The molecule has 22 heavy (non-hydrogen) atoms. The standard InChI is InChI=1S/C17H15N3O2/c1-3-22-15-8-7-14(9-16(15)21-2)20-17-12(10-18)5-4-6-13(17)11-19/h4-9,20H,3H2,1-2H3. The van der Waals surface area contributed by atoms with E-state index in [2.05, 4.69) is 17.5 Å². The first-order chi connectivity index (χ1) is 10.7. The van der Waals surface area contributed by atoms with Crippen molar-refractivity contribution in [2.24, 2.45) is 0 Å². The van der Waals surface area contributed by atoms with Crippen molar-refractivity contribution < 1.29 is 9.47 Å². The molecule has 0 heterocycles. The zero-order valence-corrected chi connectivity index (χ0v) is 12.4. The monoisotopic (exact) mass is 293 g/mol. The zero-order valence-electron chi connectivity index (χ0n) is 12.4. The van der Waals surface area contributed by atoms with Gasteiger partial charge in [0.15, 0.2) is 11.5 Å². The second kappa shape index (κ2) is 7.01. The van der Waals surface area contributed by atoms with E-state index in [9.17, 15) is 10.5 Å². The summed E-state index contributed by atoms with van der Waals surface area (Å²) in [7, 11) is 1.56. The molecule has 0 aliphatic heterocycles. The van der Waals surface area contributed by atoms with E-state index in [0.29, 0.717) is 40.6 Å². The number of hydrogen-bond acceptors (Lipinski definition) is 5. The highest BCUT2D eigenvalue weighted by Crippen LogP contribution is 2.32. The predicted molar refractivity (Wildman–Crippen MR) is 83.3 cm³/mol. The topological polar surface area (TPSA) is 78.1 Å². The molecule has 0 amide bonds. The van der Waals surface area contributed by atoms with Gasteiger partial charge in [0, 0.05) is 11.8 Å². The summed E-state index contributed by atoms with van der Waals surface area (Å²) in [6.07, 6.45) is 0. The second-order valence-corrected chi connectivity index (χ2v) is 4.38. The molecule has 0 aliphatic rings. The van der Waals surface area contributed by atoms with E-state index in [1.54, 1.807) is 37.4 Å². The Kier molecular flexibility index (Phi) is 4.85. The van der Waals surface area contributed by atoms with Crippen molar-refractivity contribution in [3.05, 3.63) is 47.5 Å². The highest BCUT2D eigenvalue weighted by molar-refractivity contribution is 5.74. The molecule has 5 heteroatoms. The van der Waals surface area contributed by atoms with Crippen molar-refractivity contribution in [3.63, 3.8) is 0 Å². The summed E-state index contributed by atoms with van der Waals surface area (Å²) < 4.78 is 10.8. The summed E-state index contributed by atoms with van der Waals surface area (Å²) in [5.41, 5.74) is 2.01. The Morgan fingerprint density at radius 2 is 1.73 bits per heavy atom. The first-order valence-electron chi connectivity index (χ1n) is 6.74. The van der Waals surface area contributed by atoms with Gasteiger partial charge in [-0.3, -0.25) is 0 Å². The Morgan fingerprint density at radius 3 is 2.27 bits per heavy atom. The fourth-order valence-electron chi connectivity index (χ4n) is 2.04. The number of hydrogen-bond donors (Lipinski definition) is 1. The minimum atomic E-state index is 0.409. The Labute approximate surface area is 129 Å². The van der Waals surface area contributed by atoms with Crippen LogP contribution in [0, 0.1) is 22.7 Å². The highest BCUT2D eigenvalue weighted by atomic mass is 16.5. The molecular formula is C17H15N3O2. The maximum absolute atomic E-state index is 9.19. The number of nitriles is 2. The van der Waals surface area contributed by atoms with Gasteiger partial charge >= 0.3 is 0 Å². The van der Waals surface area contributed by atoms with Crippen molar-refractivity contribution in [2.45, 2.75) is 6.92 Å². The quantitative estimate of drug-likeness (QED) is 0.911. The predicted octanol–water partition coefficient (Wildman–Crippen LogP) is 3.58. The van der Waals surface area contributed by atoms with Gasteiger partial charge in [-0.2, -0.15) is 10.5 Å². The lowest BCUT2D eigenvalue weighted by molar-refractivity contribution is 0.311. The number of anilines is 2. The average Bonchev–Trinajstić information content (AvgIpc) is 2.56. The summed E-state index contributed by atoms with van der Waals surface area (Å²) in [5.74, 6) is 1.23. The fourth-order valence-corrected chi connectivity index (χ4v) is 2.04. The van der Waals surface area contributed by atoms with Crippen LogP contribution in [0.1, 0.15) is 18.1 Å². The van der Waals surface area contributed by atoms with E-state index in [-0.39, 0.29) is 0 Å². The maximum Gasteiger partial charge on any atom is 0.162 e. The minimum Gasteiger partial charge on any atom is -0.493 e. The number of benzene rings is 2. The molecule has 0 aliphatic carbocycles. The number of nitrogens with one attached hydrogen (secondary N) is 1. The molecule has 5 nitrogen and oxygen atoms in total. The summed E-state index contributed by atoms with van der Waals surface area (Å²) in [6, 6.07) is 14.5. The summed E-state index contributed by atoms with van der Waals surface area (Å²) in [4.78, 5) is 0. The van der Waals surface area contributed by atoms with Crippen LogP contribution in [0.2, 0.25) is 0 Å². The molecule has 0 unspecified atom stereocenters. The maximum atomic E-state index is 9.19. The molecule has 0 fully saturated rings. The van der Waals surface area contributed by atoms with Crippen LogP contribution in [0.5, 0.6) is 11.5 Å². The number of ether oxygens (including phenoxy) is 2. The first kappa shape index (κ1) is 15.2. The van der Waals surface area contributed by atoms with Crippen LogP contribution in [-0.2, 0) is 0 Å². The average molecular weight is 293 g/mol. The lowest BCUT2D eigenvalue weighted by Crippen LogP contribution is -1.99. The Balaban J connectivity index is 2.40. The molecule has 1 N–H and O–H groups in total. The highest BCUT2D eigenvalue weighted by Gasteiger charge is 2.10. The summed E-state index contributed by atoms with van der Waals surface area (Å²) in [5, 5.41) is 21.5. The van der Waals surface area contributed by atoms with E-state index < -0.39 is 0 Å². The minimum absolute atomic E-state index is 0.409. The van der Waals surface area contributed by atoms with Gasteiger partial charge in [0.25, 0.3) is 0 Å². The van der Waals surface area contributed by atoms with E-state index in [0.717, 1.165) is 0 Å². The van der Waals surface area contributed by atoms with Gasteiger partial charge in [0.2, 0.25) is 0 Å². The molecule has 0 spiro atoms. The van der Waals surface area contributed by atoms with Gasteiger partial charge in [0.05, 0.1) is 30.5 Å². The third-order valence-corrected chi connectivity index (χ3v) is 3.04. The smallest absolute Gasteiger partial charge is 0.162 e. The normalized spacial score (nSPS) is 9.45. The zero-order chi connectivity index (χ0) is 15.9. The van der Waals surface area contributed by atoms with E-state index in [1.807, 2.05) is 13.0 Å². The molecule has 0 radical (unpaired) electrons. The molecule has 0 saturated heterocycles. The van der Waals surface area contributed by atoms with Gasteiger partial charge in [-0.15, -0.1) is 0 Å².